The summed E-state index contributed by atoms with van der Waals surface area (Å²) in [4.78, 5) is 31.6. The number of thiophene rings is 1. The van der Waals surface area contributed by atoms with Gasteiger partial charge < -0.3 is 10.6 Å². The number of aromatic nitrogens is 1. The predicted molar refractivity (Wildman–Crippen MR) is 135 cm³/mol. The van der Waals surface area contributed by atoms with Gasteiger partial charge in [-0.05, 0) is 55.6 Å². The van der Waals surface area contributed by atoms with Crippen molar-refractivity contribution in [2.45, 2.75) is 24.0 Å². The molecule has 0 aliphatic rings. The van der Waals surface area contributed by atoms with Gasteiger partial charge in [-0.2, -0.15) is 0 Å². The van der Waals surface area contributed by atoms with Gasteiger partial charge in [-0.25, -0.2) is 4.98 Å². The van der Waals surface area contributed by atoms with Crippen molar-refractivity contribution in [3.05, 3.63) is 82.6 Å². The van der Waals surface area contributed by atoms with Crippen molar-refractivity contribution in [1.29, 1.82) is 0 Å². The third-order valence-corrected chi connectivity index (χ3v) is 7.31. The topological polar surface area (TPSA) is 71.1 Å². The molecule has 1 unspecified atom stereocenters. The number of benzene rings is 2. The Labute approximate surface area is 198 Å². The molecule has 2 amide bonds. The van der Waals surface area contributed by atoms with E-state index in [0.29, 0.717) is 16.4 Å². The van der Waals surface area contributed by atoms with E-state index in [1.54, 1.807) is 17.4 Å². The first-order chi connectivity index (χ1) is 15.5. The van der Waals surface area contributed by atoms with Gasteiger partial charge in [0.25, 0.3) is 5.91 Å². The fraction of sp³-hybridized carbons (Fsp3) is 0.125. The molecular weight excluding hydrogens is 458 g/mol. The molecule has 0 saturated heterocycles. The van der Waals surface area contributed by atoms with Gasteiger partial charge in [0.15, 0.2) is 5.13 Å². The highest BCUT2D eigenvalue weighted by atomic mass is 32.2. The number of carbonyl (C=O) groups is 2. The van der Waals surface area contributed by atoms with Crippen LogP contribution in [-0.2, 0) is 4.79 Å². The summed E-state index contributed by atoms with van der Waals surface area (Å²) in [6, 6.07) is 18.9. The third-order valence-electron chi connectivity index (χ3n) is 4.56. The Morgan fingerprint density at radius 3 is 2.62 bits per heavy atom. The molecule has 0 radical (unpaired) electrons. The van der Waals surface area contributed by atoms with Gasteiger partial charge >= 0.3 is 0 Å². The lowest BCUT2D eigenvalue weighted by Gasteiger charge is -2.12. The Morgan fingerprint density at radius 2 is 1.84 bits per heavy atom. The summed E-state index contributed by atoms with van der Waals surface area (Å²) in [6.45, 7) is 3.81. The number of carbonyl (C=O) groups excluding carboxylic acids is 2. The lowest BCUT2D eigenvalue weighted by atomic mass is 10.1. The minimum Gasteiger partial charge on any atom is -0.322 e. The Kier molecular flexibility index (Phi) is 7.04. The zero-order chi connectivity index (χ0) is 22.5. The number of aryl methyl sites for hydroxylation is 1. The van der Waals surface area contributed by atoms with Crippen LogP contribution in [0.15, 0.2) is 76.3 Å². The van der Waals surface area contributed by atoms with Gasteiger partial charge in [-0.1, -0.05) is 29.8 Å². The van der Waals surface area contributed by atoms with E-state index in [1.165, 1.54) is 23.1 Å². The average Bonchev–Trinajstić information content (AvgIpc) is 3.46. The van der Waals surface area contributed by atoms with Gasteiger partial charge in [0.1, 0.15) is 0 Å². The summed E-state index contributed by atoms with van der Waals surface area (Å²) in [7, 11) is 0. The van der Waals surface area contributed by atoms with Crippen LogP contribution < -0.4 is 10.6 Å². The summed E-state index contributed by atoms with van der Waals surface area (Å²) < 4.78 is 0. The van der Waals surface area contributed by atoms with Crippen molar-refractivity contribution in [3.63, 3.8) is 0 Å². The van der Waals surface area contributed by atoms with Crippen LogP contribution in [0.25, 0.3) is 10.6 Å². The van der Waals surface area contributed by atoms with Gasteiger partial charge in [-0.3, -0.25) is 9.59 Å². The molecule has 162 valence electrons. The highest BCUT2D eigenvalue weighted by Gasteiger charge is 2.17. The van der Waals surface area contributed by atoms with Crippen molar-refractivity contribution < 1.29 is 9.59 Å². The largest absolute Gasteiger partial charge is 0.322 e. The lowest BCUT2D eigenvalue weighted by Crippen LogP contribution is -2.22. The average molecular weight is 480 g/mol. The smallest absolute Gasteiger partial charge is 0.255 e. The molecule has 0 spiro atoms. The van der Waals surface area contributed by atoms with E-state index < -0.39 is 0 Å². The number of nitrogens with zero attached hydrogens (tertiary/aromatic N) is 1. The van der Waals surface area contributed by atoms with Gasteiger partial charge in [0.05, 0.1) is 15.8 Å². The summed E-state index contributed by atoms with van der Waals surface area (Å²) in [5.74, 6) is -0.275. The number of hydrogen-bond acceptors (Lipinski definition) is 6. The van der Waals surface area contributed by atoms with Crippen LogP contribution in [0.5, 0.6) is 0 Å². The number of hydrogen-bond donors (Lipinski definition) is 2. The van der Waals surface area contributed by atoms with Crippen molar-refractivity contribution in [2.24, 2.45) is 0 Å². The van der Waals surface area contributed by atoms with Crippen LogP contribution in [0.2, 0.25) is 0 Å². The first kappa shape index (κ1) is 22.3. The number of thiazole rings is 1. The predicted octanol–water partition coefficient (Wildman–Crippen LogP) is 6.55. The second-order valence-corrected chi connectivity index (χ2v) is 10.3. The monoisotopic (exact) mass is 479 g/mol. The molecule has 4 aromatic rings. The SMILES string of the molecule is Cc1cccc(C(=O)Nc2cccc(SC(C)C(=O)Nc3nc(-c4cccs4)cs3)c2)c1. The Bertz CT molecular complexity index is 1230. The standard InChI is InChI=1S/C24H21N3O2S3/c1-15-6-3-7-17(12-15)23(29)25-18-8-4-9-19(13-18)32-16(2)22(28)27-24-26-20(14-31-24)21-10-5-11-30-21/h3-14,16H,1-2H3,(H,25,29)(H,26,27,28). The molecule has 8 heteroatoms. The minimum atomic E-state index is -0.327. The Morgan fingerprint density at radius 1 is 1.00 bits per heavy atom. The van der Waals surface area contributed by atoms with E-state index in [1.807, 2.05) is 79.2 Å². The molecule has 0 bridgehead atoms. The van der Waals surface area contributed by atoms with Crippen LogP contribution in [-0.4, -0.2) is 22.0 Å². The Balaban J connectivity index is 1.36. The maximum atomic E-state index is 12.7. The molecule has 0 fully saturated rings. The molecule has 2 N–H and O–H groups in total. The second-order valence-electron chi connectivity index (χ2n) is 7.12. The lowest BCUT2D eigenvalue weighted by molar-refractivity contribution is -0.115. The first-order valence-electron chi connectivity index (χ1n) is 9.93. The molecular formula is C24H21N3O2S3. The highest BCUT2D eigenvalue weighted by Crippen LogP contribution is 2.30. The Hall–Kier alpha value is -2.94. The second kappa shape index (κ2) is 10.1. The molecule has 4 rings (SSSR count). The fourth-order valence-corrected chi connectivity index (χ4v) is 5.37. The molecule has 2 heterocycles. The summed E-state index contributed by atoms with van der Waals surface area (Å²) in [5, 5.41) is 10.0. The normalized spacial score (nSPS) is 11.7. The van der Waals surface area contributed by atoms with Crippen LogP contribution >= 0.6 is 34.4 Å². The molecule has 0 aliphatic carbocycles. The molecule has 32 heavy (non-hydrogen) atoms. The van der Waals surface area contributed by atoms with Crippen molar-refractivity contribution in [1.82, 2.24) is 4.98 Å². The van der Waals surface area contributed by atoms with E-state index in [9.17, 15) is 9.59 Å². The van der Waals surface area contributed by atoms with E-state index in [-0.39, 0.29) is 17.1 Å². The molecule has 2 aromatic carbocycles. The molecule has 0 saturated carbocycles. The summed E-state index contributed by atoms with van der Waals surface area (Å²) >= 11 is 4.46. The minimum absolute atomic E-state index is 0.115. The van der Waals surface area contributed by atoms with E-state index in [4.69, 9.17) is 0 Å². The van der Waals surface area contributed by atoms with E-state index in [0.717, 1.165) is 21.0 Å². The number of thioether (sulfide) groups is 1. The van der Waals surface area contributed by atoms with Gasteiger partial charge in [-0.15, -0.1) is 34.4 Å². The summed E-state index contributed by atoms with van der Waals surface area (Å²) in [5.41, 5.74) is 3.21. The highest BCUT2D eigenvalue weighted by molar-refractivity contribution is 8.00. The molecule has 5 nitrogen and oxygen atoms in total. The maximum Gasteiger partial charge on any atom is 0.255 e. The van der Waals surface area contributed by atoms with Crippen molar-refractivity contribution in [3.8, 4) is 10.6 Å². The number of amides is 2. The maximum absolute atomic E-state index is 12.7. The number of nitrogens with one attached hydrogen (secondary N) is 2. The van der Waals surface area contributed by atoms with Crippen LogP contribution in [0.3, 0.4) is 0 Å². The van der Waals surface area contributed by atoms with E-state index >= 15 is 0 Å². The molecule has 0 aliphatic heterocycles. The number of anilines is 2. The summed E-state index contributed by atoms with van der Waals surface area (Å²) in [6.07, 6.45) is 0. The van der Waals surface area contributed by atoms with E-state index in [2.05, 4.69) is 15.6 Å². The molecule has 1 atom stereocenters. The molecule has 2 aromatic heterocycles. The van der Waals surface area contributed by atoms with Gasteiger partial charge in [0, 0.05) is 21.5 Å². The van der Waals surface area contributed by atoms with Gasteiger partial charge in [0.2, 0.25) is 5.91 Å². The van der Waals surface area contributed by atoms with Crippen LogP contribution in [0, 0.1) is 6.92 Å². The van der Waals surface area contributed by atoms with Crippen LogP contribution in [0.4, 0.5) is 10.8 Å². The van der Waals surface area contributed by atoms with Crippen LogP contribution in [0.1, 0.15) is 22.8 Å². The number of rotatable bonds is 7. The fourth-order valence-electron chi connectivity index (χ4n) is 2.97. The quantitative estimate of drug-likeness (QED) is 0.295. The zero-order valence-electron chi connectivity index (χ0n) is 17.5. The van der Waals surface area contributed by atoms with Crippen molar-refractivity contribution in [2.75, 3.05) is 10.6 Å². The first-order valence-corrected chi connectivity index (χ1v) is 12.6. The van der Waals surface area contributed by atoms with Crippen molar-refractivity contribution >= 4 is 57.1 Å². The third kappa shape index (κ3) is 5.64. The zero-order valence-corrected chi connectivity index (χ0v) is 19.9.